The Balaban J connectivity index is 2.38. The summed E-state index contributed by atoms with van der Waals surface area (Å²) in [4.78, 5) is 11.5. The number of hydrogen-bond acceptors (Lipinski definition) is 4. The molecule has 1 saturated heterocycles. The Bertz CT molecular complexity index is 238. The summed E-state index contributed by atoms with van der Waals surface area (Å²) in [5.74, 6) is 0.289. The lowest BCUT2D eigenvalue weighted by molar-refractivity contribution is 0.0493. The molecule has 0 aliphatic carbocycles. The molecule has 2 atom stereocenters. The first-order valence-electron chi connectivity index (χ1n) is 5.73. The van der Waals surface area contributed by atoms with E-state index in [4.69, 9.17) is 9.84 Å². The van der Waals surface area contributed by atoms with Crippen LogP contribution in [0.5, 0.6) is 0 Å². The Morgan fingerprint density at radius 1 is 1.50 bits per heavy atom. The van der Waals surface area contributed by atoms with E-state index in [0.717, 1.165) is 13.1 Å². The molecule has 0 saturated carbocycles. The van der Waals surface area contributed by atoms with Gasteiger partial charge >= 0.3 is 6.09 Å². The molecule has 0 spiro atoms. The van der Waals surface area contributed by atoms with Gasteiger partial charge in [0.15, 0.2) is 0 Å². The van der Waals surface area contributed by atoms with Gasteiger partial charge in [0.25, 0.3) is 0 Å². The second kappa shape index (κ2) is 5.50. The van der Waals surface area contributed by atoms with E-state index in [2.05, 4.69) is 10.6 Å². The predicted octanol–water partition coefficient (Wildman–Crippen LogP) is 0.481. The number of carbonyl (C=O) groups excluding carboxylic acids is 1. The van der Waals surface area contributed by atoms with Crippen LogP contribution in [-0.2, 0) is 4.74 Å². The van der Waals surface area contributed by atoms with Gasteiger partial charge < -0.3 is 20.5 Å². The molecule has 1 heterocycles. The van der Waals surface area contributed by atoms with Gasteiger partial charge in [0.1, 0.15) is 5.60 Å². The second-order valence-electron chi connectivity index (χ2n) is 5.18. The fraction of sp³-hybridized carbons (Fsp3) is 0.909. The lowest BCUT2D eigenvalue weighted by Gasteiger charge is -2.23. The van der Waals surface area contributed by atoms with Crippen LogP contribution in [0.1, 0.15) is 27.2 Å². The van der Waals surface area contributed by atoms with Crippen LogP contribution in [0, 0.1) is 5.92 Å². The lowest BCUT2D eigenvalue weighted by atomic mass is 10.0. The molecule has 5 heteroatoms. The van der Waals surface area contributed by atoms with Crippen LogP contribution in [0.3, 0.4) is 0 Å². The normalized spacial score (nSPS) is 25.5. The van der Waals surface area contributed by atoms with Gasteiger partial charge in [-0.3, -0.25) is 0 Å². The summed E-state index contributed by atoms with van der Waals surface area (Å²) in [6.07, 6.45) is 0.317. The van der Waals surface area contributed by atoms with Crippen LogP contribution < -0.4 is 10.6 Å². The minimum atomic E-state index is -0.470. The third kappa shape index (κ3) is 4.37. The zero-order valence-corrected chi connectivity index (χ0v) is 10.2. The molecule has 2 unspecified atom stereocenters. The standard InChI is InChI=1S/C11H22N2O3/c1-11(2,3)16-10(15)13-9-7-12-6-8(9)4-5-14/h8-9,12,14H,4-7H2,1-3H3,(H,13,15). The highest BCUT2D eigenvalue weighted by Crippen LogP contribution is 2.14. The summed E-state index contributed by atoms with van der Waals surface area (Å²) in [6, 6.07) is 0.0574. The van der Waals surface area contributed by atoms with E-state index in [1.165, 1.54) is 0 Å². The SMILES string of the molecule is CC(C)(C)OC(=O)NC1CNCC1CCO. The van der Waals surface area contributed by atoms with E-state index < -0.39 is 5.60 Å². The highest BCUT2D eigenvalue weighted by atomic mass is 16.6. The van der Waals surface area contributed by atoms with E-state index in [0.29, 0.717) is 6.42 Å². The van der Waals surface area contributed by atoms with Gasteiger partial charge in [-0.25, -0.2) is 4.79 Å². The summed E-state index contributed by atoms with van der Waals surface area (Å²) in [6.45, 7) is 7.24. The Morgan fingerprint density at radius 2 is 2.19 bits per heavy atom. The van der Waals surface area contributed by atoms with Gasteiger partial charge in [0.2, 0.25) is 0 Å². The molecular formula is C11H22N2O3. The first-order chi connectivity index (χ1) is 7.42. The van der Waals surface area contributed by atoms with Crippen molar-refractivity contribution in [2.24, 2.45) is 5.92 Å². The maximum Gasteiger partial charge on any atom is 0.407 e. The van der Waals surface area contributed by atoms with Crippen molar-refractivity contribution in [3.63, 3.8) is 0 Å². The molecule has 0 bridgehead atoms. The highest BCUT2D eigenvalue weighted by molar-refractivity contribution is 5.68. The Labute approximate surface area is 96.6 Å². The van der Waals surface area contributed by atoms with Crippen molar-refractivity contribution in [2.75, 3.05) is 19.7 Å². The fourth-order valence-electron chi connectivity index (χ4n) is 1.83. The molecule has 1 fully saturated rings. The summed E-state index contributed by atoms with van der Waals surface area (Å²) in [5, 5.41) is 14.9. The van der Waals surface area contributed by atoms with Crippen LogP contribution in [0.2, 0.25) is 0 Å². The molecule has 0 aromatic heterocycles. The fourth-order valence-corrected chi connectivity index (χ4v) is 1.83. The van der Waals surface area contributed by atoms with Crippen molar-refractivity contribution in [3.05, 3.63) is 0 Å². The zero-order chi connectivity index (χ0) is 12.2. The van der Waals surface area contributed by atoms with Crippen LogP contribution >= 0.6 is 0 Å². The van der Waals surface area contributed by atoms with Crippen molar-refractivity contribution in [1.82, 2.24) is 10.6 Å². The maximum atomic E-state index is 11.5. The number of amides is 1. The smallest absolute Gasteiger partial charge is 0.407 e. The van der Waals surface area contributed by atoms with Crippen molar-refractivity contribution in [1.29, 1.82) is 0 Å². The zero-order valence-electron chi connectivity index (χ0n) is 10.2. The van der Waals surface area contributed by atoms with Gasteiger partial charge in [-0.2, -0.15) is 0 Å². The van der Waals surface area contributed by atoms with E-state index in [9.17, 15) is 4.79 Å². The average Bonchev–Trinajstić information content (AvgIpc) is 2.50. The Morgan fingerprint density at radius 3 is 2.75 bits per heavy atom. The first-order valence-corrected chi connectivity index (χ1v) is 5.73. The number of alkyl carbamates (subject to hydrolysis) is 1. The summed E-state index contributed by atoms with van der Waals surface area (Å²) in [7, 11) is 0. The van der Waals surface area contributed by atoms with Gasteiger partial charge in [-0.05, 0) is 33.1 Å². The average molecular weight is 230 g/mol. The Hall–Kier alpha value is -0.810. The van der Waals surface area contributed by atoms with Gasteiger partial charge in [0, 0.05) is 25.7 Å². The molecule has 1 aliphatic rings. The molecule has 1 aliphatic heterocycles. The molecule has 0 radical (unpaired) electrons. The molecule has 94 valence electrons. The third-order valence-corrected chi connectivity index (χ3v) is 2.54. The number of aliphatic hydroxyl groups is 1. The highest BCUT2D eigenvalue weighted by Gasteiger charge is 2.29. The Kier molecular flexibility index (Phi) is 4.56. The van der Waals surface area contributed by atoms with E-state index in [1.807, 2.05) is 20.8 Å². The van der Waals surface area contributed by atoms with Gasteiger partial charge in [-0.15, -0.1) is 0 Å². The van der Waals surface area contributed by atoms with Crippen molar-refractivity contribution < 1.29 is 14.6 Å². The molecule has 16 heavy (non-hydrogen) atoms. The summed E-state index contributed by atoms with van der Waals surface area (Å²) in [5.41, 5.74) is -0.470. The van der Waals surface area contributed by atoms with Gasteiger partial charge in [0.05, 0.1) is 0 Å². The van der Waals surface area contributed by atoms with Gasteiger partial charge in [-0.1, -0.05) is 0 Å². The largest absolute Gasteiger partial charge is 0.444 e. The molecule has 3 N–H and O–H groups in total. The summed E-state index contributed by atoms with van der Waals surface area (Å²) < 4.78 is 5.19. The van der Waals surface area contributed by atoms with Crippen LogP contribution in [0.4, 0.5) is 4.79 Å². The predicted molar refractivity (Wildman–Crippen MR) is 61.2 cm³/mol. The number of rotatable bonds is 3. The molecular weight excluding hydrogens is 208 g/mol. The lowest BCUT2D eigenvalue weighted by Crippen LogP contribution is -2.43. The number of ether oxygens (including phenoxy) is 1. The molecule has 0 aromatic carbocycles. The minimum absolute atomic E-state index is 0.0574. The van der Waals surface area contributed by atoms with E-state index in [-0.39, 0.29) is 24.7 Å². The number of hydrogen-bond donors (Lipinski definition) is 3. The van der Waals surface area contributed by atoms with Crippen molar-refractivity contribution in [3.8, 4) is 0 Å². The molecule has 1 amide bonds. The molecule has 0 aromatic rings. The maximum absolute atomic E-state index is 11.5. The quantitative estimate of drug-likeness (QED) is 0.659. The monoisotopic (exact) mass is 230 g/mol. The molecule has 1 rings (SSSR count). The van der Waals surface area contributed by atoms with Crippen LogP contribution in [0.15, 0.2) is 0 Å². The summed E-state index contributed by atoms with van der Waals surface area (Å²) >= 11 is 0. The third-order valence-electron chi connectivity index (χ3n) is 2.54. The van der Waals surface area contributed by atoms with E-state index in [1.54, 1.807) is 0 Å². The minimum Gasteiger partial charge on any atom is -0.444 e. The van der Waals surface area contributed by atoms with Crippen LogP contribution in [0.25, 0.3) is 0 Å². The second-order valence-corrected chi connectivity index (χ2v) is 5.18. The van der Waals surface area contributed by atoms with Crippen molar-refractivity contribution >= 4 is 6.09 Å². The topological polar surface area (TPSA) is 70.6 Å². The number of aliphatic hydroxyl groups excluding tert-OH is 1. The van der Waals surface area contributed by atoms with Crippen molar-refractivity contribution in [2.45, 2.75) is 38.8 Å². The number of carbonyl (C=O) groups is 1. The number of nitrogens with one attached hydrogen (secondary N) is 2. The molecule has 5 nitrogen and oxygen atoms in total. The van der Waals surface area contributed by atoms with E-state index >= 15 is 0 Å². The van der Waals surface area contributed by atoms with Crippen LogP contribution in [-0.4, -0.2) is 42.5 Å². The first kappa shape index (κ1) is 13.3.